The normalized spacial score (nSPS) is 20.7. The largest absolute Gasteiger partial charge is 0.335 e. The monoisotopic (exact) mass is 349 g/mol. The highest BCUT2D eigenvalue weighted by atomic mass is 32.2. The van der Waals surface area contributed by atoms with E-state index in [0.29, 0.717) is 12.1 Å². The fourth-order valence-electron chi connectivity index (χ4n) is 4.01. The Labute approximate surface area is 154 Å². The van der Waals surface area contributed by atoms with Crippen molar-refractivity contribution in [1.29, 1.82) is 5.26 Å². The first-order valence-electron chi connectivity index (χ1n) is 9.01. The van der Waals surface area contributed by atoms with E-state index in [9.17, 15) is 5.26 Å². The summed E-state index contributed by atoms with van der Waals surface area (Å²) in [6.45, 7) is 6.89. The van der Waals surface area contributed by atoms with Crippen LogP contribution in [0.2, 0.25) is 0 Å². The summed E-state index contributed by atoms with van der Waals surface area (Å²) >= 11 is 1.80. The third-order valence-corrected chi connectivity index (χ3v) is 6.45. The zero-order valence-corrected chi connectivity index (χ0v) is 15.6. The molecule has 1 saturated heterocycles. The number of benzene rings is 2. The van der Waals surface area contributed by atoms with Crippen molar-refractivity contribution < 1.29 is 0 Å². The summed E-state index contributed by atoms with van der Waals surface area (Å²) in [5.41, 5.74) is 3.15. The van der Waals surface area contributed by atoms with Gasteiger partial charge in [0.25, 0.3) is 0 Å². The van der Waals surface area contributed by atoms with Gasteiger partial charge in [0, 0.05) is 28.4 Å². The minimum atomic E-state index is 0.357. The van der Waals surface area contributed by atoms with Crippen molar-refractivity contribution in [3.63, 3.8) is 0 Å². The lowest BCUT2D eigenvalue weighted by Crippen LogP contribution is -2.42. The van der Waals surface area contributed by atoms with Gasteiger partial charge in [-0.2, -0.15) is 5.26 Å². The SMILES string of the molecule is CC(CN1CCC[C@@H]1C)N1c2ccccc2Sc2ccc(C#N)cc21. The van der Waals surface area contributed by atoms with Crippen LogP contribution in [0.4, 0.5) is 11.4 Å². The van der Waals surface area contributed by atoms with E-state index in [1.807, 2.05) is 12.1 Å². The average Bonchev–Trinajstić information content (AvgIpc) is 3.03. The number of para-hydroxylation sites is 1. The van der Waals surface area contributed by atoms with Crippen LogP contribution in [0, 0.1) is 11.3 Å². The third kappa shape index (κ3) is 3.03. The molecule has 4 rings (SSSR count). The van der Waals surface area contributed by atoms with E-state index in [2.05, 4.69) is 60.0 Å². The van der Waals surface area contributed by atoms with Gasteiger partial charge in [-0.25, -0.2) is 0 Å². The molecule has 0 aromatic heterocycles. The van der Waals surface area contributed by atoms with Crippen molar-refractivity contribution in [2.75, 3.05) is 18.0 Å². The highest BCUT2D eigenvalue weighted by Gasteiger charge is 2.30. The number of hydrogen-bond donors (Lipinski definition) is 0. The molecule has 2 heterocycles. The van der Waals surface area contributed by atoms with Crippen LogP contribution in [0.1, 0.15) is 32.3 Å². The molecule has 1 unspecified atom stereocenters. The number of nitriles is 1. The van der Waals surface area contributed by atoms with E-state index >= 15 is 0 Å². The Morgan fingerprint density at radius 3 is 2.76 bits per heavy atom. The van der Waals surface area contributed by atoms with Gasteiger partial charge < -0.3 is 4.90 Å². The Balaban J connectivity index is 1.73. The van der Waals surface area contributed by atoms with E-state index in [0.717, 1.165) is 12.1 Å². The molecule has 2 aromatic carbocycles. The second-order valence-electron chi connectivity index (χ2n) is 7.07. The number of likely N-dealkylation sites (tertiary alicyclic amines) is 1. The van der Waals surface area contributed by atoms with Crippen molar-refractivity contribution in [3.8, 4) is 6.07 Å². The molecule has 2 atom stereocenters. The standard InChI is InChI=1S/C21H23N3S/c1-15-6-5-11-23(15)14-16(2)24-18-7-3-4-8-20(18)25-21-10-9-17(13-22)12-19(21)24/h3-4,7-10,12,15-16H,5-6,11,14H2,1-2H3/t15-,16?/m0/s1. The number of hydrogen-bond acceptors (Lipinski definition) is 4. The van der Waals surface area contributed by atoms with E-state index in [1.165, 1.54) is 40.6 Å². The molecule has 0 spiro atoms. The summed E-state index contributed by atoms with van der Waals surface area (Å²) in [6, 6.07) is 18.0. The van der Waals surface area contributed by atoms with Gasteiger partial charge in [-0.3, -0.25) is 4.90 Å². The Morgan fingerprint density at radius 2 is 2.00 bits per heavy atom. The third-order valence-electron chi connectivity index (χ3n) is 5.32. The zero-order valence-electron chi connectivity index (χ0n) is 14.8. The minimum absolute atomic E-state index is 0.357. The molecule has 0 N–H and O–H groups in total. The quantitative estimate of drug-likeness (QED) is 0.777. The van der Waals surface area contributed by atoms with Crippen molar-refractivity contribution in [2.24, 2.45) is 0 Å². The van der Waals surface area contributed by atoms with Crippen LogP contribution < -0.4 is 4.90 Å². The molecule has 0 radical (unpaired) electrons. The van der Waals surface area contributed by atoms with Crippen LogP contribution >= 0.6 is 11.8 Å². The van der Waals surface area contributed by atoms with Crippen molar-refractivity contribution >= 4 is 23.1 Å². The molecule has 2 aliphatic heterocycles. The number of rotatable bonds is 3. The van der Waals surface area contributed by atoms with Gasteiger partial charge in [0.1, 0.15) is 0 Å². The minimum Gasteiger partial charge on any atom is -0.335 e. The van der Waals surface area contributed by atoms with Gasteiger partial charge in [0.15, 0.2) is 0 Å². The summed E-state index contributed by atoms with van der Waals surface area (Å²) in [5, 5.41) is 9.34. The predicted octanol–water partition coefficient (Wildman–Crippen LogP) is 5.03. The maximum atomic E-state index is 9.34. The molecule has 2 aromatic rings. The van der Waals surface area contributed by atoms with Gasteiger partial charge in [-0.05, 0) is 63.6 Å². The molecular weight excluding hydrogens is 326 g/mol. The van der Waals surface area contributed by atoms with Gasteiger partial charge in [0.05, 0.1) is 23.0 Å². The molecule has 3 nitrogen and oxygen atoms in total. The van der Waals surface area contributed by atoms with Gasteiger partial charge in [-0.1, -0.05) is 23.9 Å². The summed E-state index contributed by atoms with van der Waals surface area (Å²) in [5.74, 6) is 0. The predicted molar refractivity (Wildman–Crippen MR) is 104 cm³/mol. The fourth-order valence-corrected chi connectivity index (χ4v) is 5.06. The molecule has 0 amide bonds. The lowest BCUT2D eigenvalue weighted by Gasteiger charge is -2.39. The number of anilines is 2. The number of nitrogens with zero attached hydrogens (tertiary/aromatic N) is 3. The van der Waals surface area contributed by atoms with Crippen molar-refractivity contribution in [2.45, 2.75) is 48.6 Å². The first-order chi connectivity index (χ1) is 12.2. The van der Waals surface area contributed by atoms with Crippen LogP contribution in [-0.4, -0.2) is 30.1 Å². The Kier molecular flexibility index (Phi) is 4.45. The highest BCUT2D eigenvalue weighted by molar-refractivity contribution is 7.99. The van der Waals surface area contributed by atoms with Crippen LogP contribution in [0.5, 0.6) is 0 Å². The lowest BCUT2D eigenvalue weighted by molar-refractivity contribution is 0.255. The maximum Gasteiger partial charge on any atom is 0.0992 e. The van der Waals surface area contributed by atoms with Crippen molar-refractivity contribution in [3.05, 3.63) is 48.0 Å². The maximum absolute atomic E-state index is 9.34. The van der Waals surface area contributed by atoms with Crippen LogP contribution in [0.15, 0.2) is 52.3 Å². The van der Waals surface area contributed by atoms with Crippen LogP contribution in [-0.2, 0) is 0 Å². The van der Waals surface area contributed by atoms with Gasteiger partial charge in [-0.15, -0.1) is 0 Å². The average molecular weight is 350 g/mol. The van der Waals surface area contributed by atoms with E-state index < -0.39 is 0 Å². The van der Waals surface area contributed by atoms with Crippen molar-refractivity contribution in [1.82, 2.24) is 4.90 Å². The summed E-state index contributed by atoms with van der Waals surface area (Å²) in [4.78, 5) is 7.57. The Bertz CT molecular complexity index is 826. The van der Waals surface area contributed by atoms with Gasteiger partial charge in [0.2, 0.25) is 0 Å². The molecule has 4 heteroatoms. The molecule has 0 saturated carbocycles. The van der Waals surface area contributed by atoms with E-state index in [-0.39, 0.29) is 0 Å². The topological polar surface area (TPSA) is 30.3 Å². The second kappa shape index (κ2) is 6.74. The lowest BCUT2D eigenvalue weighted by atomic mass is 10.1. The summed E-state index contributed by atoms with van der Waals surface area (Å²) in [7, 11) is 0. The Hall–Kier alpha value is -1.96. The molecule has 0 aliphatic carbocycles. The second-order valence-corrected chi connectivity index (χ2v) is 8.15. The fraction of sp³-hybridized carbons (Fsp3) is 0.381. The Morgan fingerprint density at radius 1 is 1.20 bits per heavy atom. The van der Waals surface area contributed by atoms with Gasteiger partial charge >= 0.3 is 0 Å². The molecule has 1 fully saturated rings. The molecule has 0 bridgehead atoms. The summed E-state index contributed by atoms with van der Waals surface area (Å²) < 4.78 is 0. The molecular formula is C21H23N3S. The first kappa shape index (κ1) is 16.5. The smallest absolute Gasteiger partial charge is 0.0992 e. The van der Waals surface area contributed by atoms with E-state index in [1.54, 1.807) is 11.8 Å². The highest BCUT2D eigenvalue weighted by Crippen LogP contribution is 2.49. The number of fused-ring (bicyclic) bond motifs is 2. The molecule has 25 heavy (non-hydrogen) atoms. The molecule has 128 valence electrons. The summed E-state index contributed by atoms with van der Waals surface area (Å²) in [6.07, 6.45) is 2.60. The zero-order chi connectivity index (χ0) is 17.4. The van der Waals surface area contributed by atoms with E-state index in [4.69, 9.17) is 0 Å². The van der Waals surface area contributed by atoms with Crippen LogP contribution in [0.3, 0.4) is 0 Å². The first-order valence-corrected chi connectivity index (χ1v) is 9.83. The van der Waals surface area contributed by atoms with Crippen LogP contribution in [0.25, 0.3) is 0 Å². The molecule has 2 aliphatic rings.